The predicted molar refractivity (Wildman–Crippen MR) is 127 cm³/mol. The van der Waals surface area contributed by atoms with E-state index in [1.165, 1.54) is 26.0 Å². The molecule has 0 aliphatic heterocycles. The number of fused-ring (bicyclic) bond motifs is 1. The van der Waals surface area contributed by atoms with E-state index < -0.39 is 11.9 Å². The number of esters is 2. The van der Waals surface area contributed by atoms with Gasteiger partial charge in [0.25, 0.3) is 0 Å². The zero-order chi connectivity index (χ0) is 24.4. The van der Waals surface area contributed by atoms with Crippen LogP contribution in [-0.2, 0) is 4.79 Å². The third-order valence-electron chi connectivity index (χ3n) is 5.43. The fraction of sp³-hybridized carbons (Fsp3) is 0.148. The number of benzene rings is 3. The Labute approximate surface area is 196 Å². The van der Waals surface area contributed by atoms with Crippen molar-refractivity contribution in [3.63, 3.8) is 0 Å². The lowest BCUT2D eigenvalue weighted by Crippen LogP contribution is -2.12. The number of para-hydroxylation sites is 1. The zero-order valence-corrected chi connectivity index (χ0v) is 19.2. The van der Waals surface area contributed by atoms with E-state index in [-0.39, 0.29) is 22.8 Å². The third-order valence-corrected chi connectivity index (χ3v) is 5.43. The lowest BCUT2D eigenvalue weighted by Gasteiger charge is -2.10. The summed E-state index contributed by atoms with van der Waals surface area (Å²) in [6, 6.07) is 19.0. The molecule has 0 spiro atoms. The maximum atomic E-state index is 12.8. The molecule has 0 atom stereocenters. The molecule has 7 nitrogen and oxygen atoms in total. The van der Waals surface area contributed by atoms with Gasteiger partial charge in [-0.3, -0.25) is 9.59 Å². The molecule has 172 valence electrons. The molecule has 4 rings (SSSR count). The normalized spacial score (nSPS) is 10.7. The first-order valence-electron chi connectivity index (χ1n) is 10.6. The Morgan fingerprint density at radius 2 is 1.50 bits per heavy atom. The van der Waals surface area contributed by atoms with Crippen molar-refractivity contribution in [2.75, 3.05) is 7.11 Å². The molecule has 0 fully saturated rings. The molecule has 0 amide bonds. The summed E-state index contributed by atoms with van der Waals surface area (Å²) in [5, 5.41) is 0.666. The monoisotopic (exact) mass is 457 g/mol. The Bertz CT molecular complexity index is 1420. The fourth-order valence-electron chi connectivity index (χ4n) is 4.01. The van der Waals surface area contributed by atoms with Crippen molar-refractivity contribution in [1.82, 2.24) is 4.57 Å². The van der Waals surface area contributed by atoms with Gasteiger partial charge >= 0.3 is 11.9 Å². The Balaban J connectivity index is 1.76. The number of ketones is 1. The number of nitrogens with zero attached hydrogens (tertiary/aromatic N) is 1. The summed E-state index contributed by atoms with van der Waals surface area (Å²) in [6.07, 6.45) is 0. The van der Waals surface area contributed by atoms with Gasteiger partial charge in [0.15, 0.2) is 5.78 Å². The fourth-order valence-corrected chi connectivity index (χ4v) is 4.01. The summed E-state index contributed by atoms with van der Waals surface area (Å²) in [5.74, 6) is -0.196. The third kappa shape index (κ3) is 4.28. The van der Waals surface area contributed by atoms with Crippen LogP contribution in [0.2, 0.25) is 0 Å². The second kappa shape index (κ2) is 9.23. The minimum absolute atomic E-state index is 0.0987. The summed E-state index contributed by atoms with van der Waals surface area (Å²) in [7, 11) is 1.60. The van der Waals surface area contributed by atoms with Crippen LogP contribution in [-0.4, -0.2) is 29.4 Å². The molecule has 0 saturated heterocycles. The van der Waals surface area contributed by atoms with E-state index in [1.807, 2.05) is 35.8 Å². The van der Waals surface area contributed by atoms with Gasteiger partial charge in [0.05, 0.1) is 12.6 Å². The number of ether oxygens (including phenoxy) is 3. The van der Waals surface area contributed by atoms with Gasteiger partial charge in [0.2, 0.25) is 0 Å². The molecule has 0 aliphatic carbocycles. The maximum absolute atomic E-state index is 12.8. The number of rotatable bonds is 6. The summed E-state index contributed by atoms with van der Waals surface area (Å²) in [6.45, 7) is 4.64. The minimum atomic E-state index is -0.674. The highest BCUT2D eigenvalue weighted by Crippen LogP contribution is 2.33. The highest BCUT2D eigenvalue weighted by molar-refractivity contribution is 6.09. The summed E-state index contributed by atoms with van der Waals surface area (Å²) < 4.78 is 17.9. The molecule has 34 heavy (non-hydrogen) atoms. The topological polar surface area (TPSA) is 83.8 Å². The van der Waals surface area contributed by atoms with Gasteiger partial charge in [-0.2, -0.15) is 0 Å². The molecular weight excluding hydrogens is 434 g/mol. The molecule has 0 N–H and O–H groups in total. The maximum Gasteiger partial charge on any atom is 0.347 e. The van der Waals surface area contributed by atoms with Crippen LogP contribution in [0.25, 0.3) is 16.6 Å². The number of carbonyl (C=O) groups is 3. The number of Topliss-reactive ketones (excluding diaryl/α,β-unsaturated/α-hetero) is 1. The number of aromatic nitrogens is 1. The Morgan fingerprint density at radius 3 is 2.15 bits per heavy atom. The van der Waals surface area contributed by atoms with Gasteiger partial charge in [-0.1, -0.05) is 12.1 Å². The lowest BCUT2D eigenvalue weighted by atomic mass is 10.1. The van der Waals surface area contributed by atoms with Gasteiger partial charge in [0.1, 0.15) is 22.8 Å². The number of hydrogen-bond acceptors (Lipinski definition) is 6. The molecular formula is C27H23NO6. The van der Waals surface area contributed by atoms with Crippen LogP contribution in [0.3, 0.4) is 0 Å². The first kappa shape index (κ1) is 22.8. The smallest absolute Gasteiger partial charge is 0.347 e. The molecule has 7 heteroatoms. The Kier molecular flexibility index (Phi) is 6.19. The highest BCUT2D eigenvalue weighted by Gasteiger charge is 2.21. The van der Waals surface area contributed by atoms with Crippen molar-refractivity contribution in [3.05, 3.63) is 83.6 Å². The average Bonchev–Trinajstić information content (AvgIpc) is 3.10. The van der Waals surface area contributed by atoms with E-state index in [2.05, 4.69) is 0 Å². The first-order chi connectivity index (χ1) is 16.3. The van der Waals surface area contributed by atoms with Crippen molar-refractivity contribution in [1.29, 1.82) is 0 Å². The lowest BCUT2D eigenvalue weighted by molar-refractivity contribution is -0.131. The van der Waals surface area contributed by atoms with Crippen LogP contribution in [0.15, 0.2) is 66.7 Å². The van der Waals surface area contributed by atoms with Crippen LogP contribution in [0.4, 0.5) is 0 Å². The second-order valence-electron chi connectivity index (χ2n) is 7.71. The van der Waals surface area contributed by atoms with E-state index in [4.69, 9.17) is 14.2 Å². The van der Waals surface area contributed by atoms with Crippen LogP contribution in [0, 0.1) is 6.92 Å². The molecule has 0 radical (unpaired) electrons. The SMILES string of the molecule is COc1ccc(-n2c(C)c(C(C)=O)c3cc(OC(=O)c4ccccc4OC(C)=O)ccc32)cc1. The van der Waals surface area contributed by atoms with Gasteiger partial charge in [-0.25, -0.2) is 4.79 Å². The standard InChI is InChI=1S/C27H23NO6/c1-16-26(17(2)29)23-15-21(34-27(31)22-7-5-6-8-25(22)33-18(3)30)13-14-24(23)28(16)19-9-11-20(32-4)12-10-19/h5-15H,1-4H3. The zero-order valence-electron chi connectivity index (χ0n) is 19.2. The van der Waals surface area contributed by atoms with Crippen LogP contribution in [0.1, 0.15) is 40.3 Å². The quantitative estimate of drug-likeness (QED) is 0.222. The van der Waals surface area contributed by atoms with E-state index in [1.54, 1.807) is 37.4 Å². The number of carbonyl (C=O) groups excluding carboxylic acids is 3. The van der Waals surface area contributed by atoms with E-state index in [0.717, 1.165) is 22.6 Å². The predicted octanol–water partition coefficient (Wildman–Crippen LogP) is 5.29. The Morgan fingerprint density at radius 1 is 0.824 bits per heavy atom. The van der Waals surface area contributed by atoms with E-state index in [0.29, 0.717) is 10.9 Å². The average molecular weight is 457 g/mol. The van der Waals surface area contributed by atoms with Crippen LogP contribution >= 0.6 is 0 Å². The van der Waals surface area contributed by atoms with Crippen molar-refractivity contribution < 1.29 is 28.6 Å². The largest absolute Gasteiger partial charge is 0.497 e. The van der Waals surface area contributed by atoms with Crippen LogP contribution < -0.4 is 14.2 Å². The van der Waals surface area contributed by atoms with Crippen LogP contribution in [0.5, 0.6) is 17.2 Å². The summed E-state index contributed by atoms with van der Waals surface area (Å²) >= 11 is 0. The van der Waals surface area contributed by atoms with E-state index >= 15 is 0 Å². The van der Waals surface area contributed by atoms with Gasteiger partial charge in [-0.15, -0.1) is 0 Å². The minimum Gasteiger partial charge on any atom is -0.497 e. The molecule has 1 heterocycles. The van der Waals surface area contributed by atoms with Gasteiger partial charge in [0, 0.05) is 29.3 Å². The summed E-state index contributed by atoms with van der Waals surface area (Å²) in [5.41, 5.74) is 3.11. The van der Waals surface area contributed by atoms with E-state index in [9.17, 15) is 14.4 Å². The summed E-state index contributed by atoms with van der Waals surface area (Å²) in [4.78, 5) is 36.7. The molecule has 4 aromatic rings. The van der Waals surface area contributed by atoms with Crippen molar-refractivity contribution in [3.8, 4) is 22.9 Å². The number of hydrogen-bond donors (Lipinski definition) is 0. The molecule has 0 saturated carbocycles. The van der Waals surface area contributed by atoms with Crippen molar-refractivity contribution in [2.45, 2.75) is 20.8 Å². The first-order valence-corrected chi connectivity index (χ1v) is 10.6. The second-order valence-corrected chi connectivity index (χ2v) is 7.71. The molecule has 0 unspecified atom stereocenters. The molecule has 0 bridgehead atoms. The highest BCUT2D eigenvalue weighted by atomic mass is 16.5. The molecule has 1 aromatic heterocycles. The number of methoxy groups -OCH3 is 1. The Hall–Kier alpha value is -4.39. The van der Waals surface area contributed by atoms with Gasteiger partial charge in [-0.05, 0) is 68.4 Å². The molecule has 3 aromatic carbocycles. The van der Waals surface area contributed by atoms with Crippen molar-refractivity contribution >= 4 is 28.6 Å². The van der Waals surface area contributed by atoms with Crippen molar-refractivity contribution in [2.24, 2.45) is 0 Å². The van der Waals surface area contributed by atoms with Gasteiger partial charge < -0.3 is 18.8 Å². The molecule has 0 aliphatic rings.